The Morgan fingerprint density at radius 3 is 0.795 bits per heavy atom. The molecule has 0 aromatic heterocycles. The third-order valence-electron chi connectivity index (χ3n) is 9.69. The van der Waals surface area contributed by atoms with E-state index in [1.165, 1.54) is 15.6 Å². The number of hydrogen-bond acceptors (Lipinski definition) is 6. The highest BCUT2D eigenvalue weighted by Gasteiger charge is 2.53. The zero-order valence-electron chi connectivity index (χ0n) is 28.5. The highest BCUT2D eigenvalue weighted by Crippen LogP contribution is 2.45. The molecule has 3 aromatic carbocycles. The summed E-state index contributed by atoms with van der Waals surface area (Å²) in [5.41, 5.74) is 0.644. The van der Waals surface area contributed by atoms with Gasteiger partial charge >= 0.3 is 25.7 Å². The van der Waals surface area contributed by atoms with Crippen molar-refractivity contribution in [1.29, 1.82) is 0 Å². The number of rotatable bonds is 18. The second-order valence-corrected chi connectivity index (χ2v) is 28.4. The molecule has 0 saturated heterocycles. The molecule has 6 nitrogen and oxygen atoms in total. The minimum atomic E-state index is -2.76. The van der Waals surface area contributed by atoms with E-state index in [1.807, 2.05) is 60.9 Å². The van der Waals surface area contributed by atoms with Crippen LogP contribution in [0.3, 0.4) is 0 Å². The fourth-order valence-corrected chi connectivity index (χ4v) is 28.5. The Morgan fingerprint density at radius 1 is 0.409 bits per heavy atom. The molecule has 10 heteroatoms. The van der Waals surface area contributed by atoms with Crippen LogP contribution >= 0.6 is 0 Å². The van der Waals surface area contributed by atoms with Crippen LogP contribution in [-0.2, 0) is 26.6 Å². The fourth-order valence-electron chi connectivity index (χ4n) is 7.90. The molecule has 0 radical (unpaired) electrons. The van der Waals surface area contributed by atoms with Gasteiger partial charge in [0.2, 0.25) is 0 Å². The van der Waals surface area contributed by atoms with Crippen LogP contribution < -0.4 is 15.6 Å². The monoisotopic (exact) mass is 670 g/mol. The maximum atomic E-state index is 6.41. The highest BCUT2D eigenvalue weighted by atomic mass is 28.4. The van der Waals surface area contributed by atoms with Crippen molar-refractivity contribution in [2.75, 3.05) is 42.7 Å². The molecule has 0 fully saturated rings. The molecule has 3 atom stereocenters. The Labute approximate surface area is 270 Å². The van der Waals surface area contributed by atoms with Crippen LogP contribution in [0.5, 0.6) is 0 Å². The van der Waals surface area contributed by atoms with E-state index >= 15 is 0 Å². The van der Waals surface area contributed by atoms with E-state index in [9.17, 15) is 0 Å². The second-order valence-electron chi connectivity index (χ2n) is 12.5. The lowest BCUT2D eigenvalue weighted by Gasteiger charge is -2.44. The minimum Gasteiger partial charge on any atom is -0.394 e. The SMILES string of the molecule is CO[Si](OC)(c1ccccc1)C(C)C[Si](C)(CC(C)[Si](OC)(OC)c1ccccc1)CC(C)[Si](OC)(OC)c1ccccc1. The van der Waals surface area contributed by atoms with E-state index < -0.39 is 33.8 Å². The van der Waals surface area contributed by atoms with Crippen LogP contribution in [0.2, 0.25) is 41.3 Å². The standard InChI is InChI=1S/C34H54O6Si4/c1-29(42(35-4,36-5)32-20-14-11-15-21-32)26-41(10,27-30(2)43(37-6,38-7)33-22-16-12-17-23-33)28-31(3)44(39-8,40-9)34-24-18-13-19-25-34/h11-25,29-31H,26-28H2,1-10H3. The Kier molecular flexibility index (Phi) is 13.5. The van der Waals surface area contributed by atoms with Crippen LogP contribution in [0.25, 0.3) is 0 Å². The van der Waals surface area contributed by atoms with Crippen molar-refractivity contribution < 1.29 is 26.6 Å². The Morgan fingerprint density at radius 2 is 0.614 bits per heavy atom. The third kappa shape index (κ3) is 7.46. The zero-order valence-corrected chi connectivity index (χ0v) is 32.5. The summed E-state index contributed by atoms with van der Waals surface area (Å²) < 4.78 is 38.4. The van der Waals surface area contributed by atoms with Gasteiger partial charge in [0.1, 0.15) is 0 Å². The van der Waals surface area contributed by atoms with Crippen LogP contribution in [0, 0.1) is 0 Å². The van der Waals surface area contributed by atoms with E-state index in [2.05, 4.69) is 100 Å². The van der Waals surface area contributed by atoms with Gasteiger partial charge in [-0.1, -0.05) is 136 Å². The largest absolute Gasteiger partial charge is 0.394 e. The molecule has 0 amide bonds. The average molecular weight is 671 g/mol. The van der Waals surface area contributed by atoms with Crippen molar-refractivity contribution >= 4 is 49.3 Å². The zero-order chi connectivity index (χ0) is 32.4. The Bertz CT molecular complexity index is 1080. The van der Waals surface area contributed by atoms with Crippen molar-refractivity contribution in [3.05, 3.63) is 91.0 Å². The Balaban J connectivity index is 2.10. The summed E-state index contributed by atoms with van der Waals surface area (Å²) >= 11 is 0. The van der Waals surface area contributed by atoms with Gasteiger partial charge in [0.15, 0.2) is 0 Å². The van der Waals surface area contributed by atoms with Gasteiger partial charge in [-0.25, -0.2) is 0 Å². The van der Waals surface area contributed by atoms with Crippen molar-refractivity contribution in [2.45, 2.75) is 62.1 Å². The van der Waals surface area contributed by atoms with Gasteiger partial charge in [-0.15, -0.1) is 0 Å². The summed E-state index contributed by atoms with van der Waals surface area (Å²) in [4.78, 5) is 0. The molecule has 3 unspecified atom stereocenters. The third-order valence-corrected chi connectivity index (χ3v) is 27.3. The first-order valence-corrected chi connectivity index (χ1v) is 24.3. The molecular formula is C34H54O6Si4. The minimum absolute atomic E-state index is 0.215. The van der Waals surface area contributed by atoms with E-state index in [0.29, 0.717) is 0 Å². The molecule has 3 rings (SSSR count). The molecule has 0 aliphatic carbocycles. The summed E-state index contributed by atoms with van der Waals surface area (Å²) in [6.07, 6.45) is 0. The maximum Gasteiger partial charge on any atom is 0.374 e. The van der Waals surface area contributed by atoms with E-state index in [-0.39, 0.29) is 16.6 Å². The lowest BCUT2D eigenvalue weighted by Crippen LogP contribution is -2.60. The maximum absolute atomic E-state index is 6.41. The topological polar surface area (TPSA) is 55.4 Å². The summed E-state index contributed by atoms with van der Waals surface area (Å²) in [7, 11) is 0.485. The van der Waals surface area contributed by atoms with Gasteiger partial charge in [-0.2, -0.15) is 0 Å². The predicted octanol–water partition coefficient (Wildman–Crippen LogP) is 6.16. The van der Waals surface area contributed by atoms with Gasteiger partial charge in [-0.3, -0.25) is 0 Å². The summed E-state index contributed by atoms with van der Waals surface area (Å²) in [5.74, 6) is 0. The molecule has 3 aromatic rings. The molecule has 0 N–H and O–H groups in total. The molecule has 0 heterocycles. The van der Waals surface area contributed by atoms with Gasteiger partial charge in [0, 0.05) is 59.3 Å². The van der Waals surface area contributed by atoms with Crippen LogP contribution in [0.4, 0.5) is 0 Å². The van der Waals surface area contributed by atoms with Gasteiger partial charge in [0.25, 0.3) is 0 Å². The molecule has 0 saturated carbocycles. The van der Waals surface area contributed by atoms with Gasteiger partial charge in [-0.05, 0) is 15.6 Å². The average Bonchev–Trinajstić information content (AvgIpc) is 3.05. The highest BCUT2D eigenvalue weighted by molar-refractivity contribution is 6.90. The molecule has 0 bridgehead atoms. The van der Waals surface area contributed by atoms with Gasteiger partial charge < -0.3 is 26.6 Å². The molecule has 242 valence electrons. The van der Waals surface area contributed by atoms with Crippen LogP contribution in [-0.4, -0.2) is 76.4 Å². The molecule has 0 aliphatic rings. The van der Waals surface area contributed by atoms with Crippen LogP contribution in [0.1, 0.15) is 20.8 Å². The normalized spacial score (nSPS) is 16.2. The van der Waals surface area contributed by atoms with Crippen molar-refractivity contribution in [1.82, 2.24) is 0 Å². The molecule has 0 spiro atoms. The summed E-state index contributed by atoms with van der Waals surface area (Å²) in [6.45, 7) is 9.54. The van der Waals surface area contributed by atoms with E-state index in [4.69, 9.17) is 26.6 Å². The van der Waals surface area contributed by atoms with Crippen LogP contribution in [0.15, 0.2) is 91.0 Å². The van der Waals surface area contributed by atoms with Crippen molar-refractivity contribution in [3.63, 3.8) is 0 Å². The Hall–Kier alpha value is -1.71. The second kappa shape index (κ2) is 16.2. The van der Waals surface area contributed by atoms with E-state index in [1.54, 1.807) is 0 Å². The predicted molar refractivity (Wildman–Crippen MR) is 192 cm³/mol. The smallest absolute Gasteiger partial charge is 0.374 e. The number of benzene rings is 3. The quantitative estimate of drug-likeness (QED) is 0.151. The molecule has 0 aliphatic heterocycles. The first-order chi connectivity index (χ1) is 21.1. The first kappa shape index (κ1) is 36.8. The molecule has 44 heavy (non-hydrogen) atoms. The first-order valence-electron chi connectivity index (χ1n) is 15.5. The lowest BCUT2D eigenvalue weighted by molar-refractivity contribution is 0.246. The van der Waals surface area contributed by atoms with Gasteiger partial charge in [0.05, 0.1) is 8.07 Å². The van der Waals surface area contributed by atoms with Crippen molar-refractivity contribution in [2.24, 2.45) is 0 Å². The van der Waals surface area contributed by atoms with Crippen molar-refractivity contribution in [3.8, 4) is 0 Å². The number of hydrogen-bond donors (Lipinski definition) is 0. The summed E-state index contributed by atoms with van der Waals surface area (Å²) in [6, 6.07) is 34.7. The van der Waals surface area contributed by atoms with E-state index in [0.717, 1.165) is 18.1 Å². The summed E-state index contributed by atoms with van der Waals surface area (Å²) in [5, 5.41) is 3.50. The fraction of sp³-hybridized carbons (Fsp3) is 0.471. The molecular weight excluding hydrogens is 617 g/mol. The lowest BCUT2D eigenvalue weighted by atomic mass is 10.4.